The molecule has 4 rings (SSSR count). The van der Waals surface area contributed by atoms with Gasteiger partial charge in [0.1, 0.15) is 18.2 Å². The summed E-state index contributed by atoms with van der Waals surface area (Å²) in [5.74, 6) is 0.0635. The third-order valence-electron chi connectivity index (χ3n) is 5.07. The molecule has 0 unspecified atom stereocenters. The number of rotatable bonds is 7. The van der Waals surface area contributed by atoms with E-state index >= 15 is 0 Å². The Morgan fingerprint density at radius 3 is 2.44 bits per heavy atom. The number of anilines is 1. The molecule has 0 saturated heterocycles. The molecule has 0 bridgehead atoms. The molecule has 34 heavy (non-hydrogen) atoms. The lowest BCUT2D eigenvalue weighted by Gasteiger charge is -2.09. The first kappa shape index (κ1) is 24.1. The van der Waals surface area contributed by atoms with Crippen LogP contribution in [0, 0.1) is 19.7 Å². The van der Waals surface area contributed by atoms with E-state index in [0.717, 1.165) is 11.3 Å². The molecular weight excluding hydrogens is 504 g/mol. The Bertz CT molecular complexity index is 1330. The van der Waals surface area contributed by atoms with Crippen LogP contribution in [-0.4, -0.2) is 15.7 Å². The standard InChI is InChI=1S/C24H19Cl3FN3O3/c1-13-22(14(2)31(30-13)11-15-3-5-17(28)6-4-15)29-24(32)21-8-7-18(34-21)12-33-23-19(26)9-16(25)10-20(23)27/h3-10H,11-12H2,1-2H3,(H,29,32). The molecule has 1 N–H and O–H groups in total. The topological polar surface area (TPSA) is 69.3 Å². The number of nitrogens with zero attached hydrogens (tertiary/aromatic N) is 2. The van der Waals surface area contributed by atoms with E-state index < -0.39 is 5.91 Å². The summed E-state index contributed by atoms with van der Waals surface area (Å²) >= 11 is 18.2. The Morgan fingerprint density at radius 2 is 1.76 bits per heavy atom. The van der Waals surface area contributed by atoms with Gasteiger partial charge in [0, 0.05) is 5.02 Å². The molecule has 0 radical (unpaired) electrons. The fourth-order valence-corrected chi connectivity index (χ4v) is 4.28. The van der Waals surface area contributed by atoms with Gasteiger partial charge in [0.25, 0.3) is 5.91 Å². The van der Waals surface area contributed by atoms with Crippen LogP contribution < -0.4 is 10.1 Å². The molecule has 0 aliphatic rings. The van der Waals surface area contributed by atoms with Gasteiger partial charge >= 0.3 is 0 Å². The first-order valence-corrected chi connectivity index (χ1v) is 11.3. The zero-order valence-electron chi connectivity index (χ0n) is 18.2. The van der Waals surface area contributed by atoms with Gasteiger partial charge in [-0.2, -0.15) is 5.10 Å². The largest absolute Gasteiger partial charge is 0.483 e. The molecule has 0 spiro atoms. The number of hydrogen-bond acceptors (Lipinski definition) is 4. The van der Waals surface area contributed by atoms with Crippen molar-refractivity contribution >= 4 is 46.4 Å². The highest BCUT2D eigenvalue weighted by molar-refractivity contribution is 6.40. The van der Waals surface area contributed by atoms with Crippen molar-refractivity contribution in [2.75, 3.05) is 5.32 Å². The number of carbonyl (C=O) groups is 1. The first-order valence-electron chi connectivity index (χ1n) is 10.2. The van der Waals surface area contributed by atoms with Gasteiger partial charge in [-0.1, -0.05) is 46.9 Å². The minimum absolute atomic E-state index is 0.0159. The number of carbonyl (C=O) groups excluding carboxylic acids is 1. The van der Waals surface area contributed by atoms with Crippen LogP contribution in [0.5, 0.6) is 5.75 Å². The number of hydrogen-bond donors (Lipinski definition) is 1. The van der Waals surface area contributed by atoms with Crippen molar-refractivity contribution in [3.05, 3.63) is 97.9 Å². The number of furan rings is 1. The van der Waals surface area contributed by atoms with E-state index in [1.807, 2.05) is 6.92 Å². The Labute approximate surface area is 210 Å². The van der Waals surface area contributed by atoms with E-state index in [4.69, 9.17) is 44.0 Å². The maximum absolute atomic E-state index is 13.2. The summed E-state index contributed by atoms with van der Waals surface area (Å²) in [5, 5.41) is 8.27. The van der Waals surface area contributed by atoms with Gasteiger partial charge in [-0.25, -0.2) is 4.39 Å². The zero-order chi connectivity index (χ0) is 24.4. The molecule has 2 aromatic carbocycles. The second-order valence-corrected chi connectivity index (χ2v) is 8.79. The van der Waals surface area contributed by atoms with E-state index in [-0.39, 0.29) is 34.0 Å². The van der Waals surface area contributed by atoms with Gasteiger partial charge in [0.2, 0.25) is 0 Å². The third-order valence-corrected chi connectivity index (χ3v) is 5.85. The van der Waals surface area contributed by atoms with Crippen LogP contribution in [-0.2, 0) is 13.2 Å². The van der Waals surface area contributed by atoms with Crippen molar-refractivity contribution in [2.45, 2.75) is 27.0 Å². The summed E-state index contributed by atoms with van der Waals surface area (Å²) in [6.07, 6.45) is 0. The van der Waals surface area contributed by atoms with Crippen LogP contribution in [0.15, 0.2) is 52.9 Å². The molecule has 0 saturated carbocycles. The second-order valence-electron chi connectivity index (χ2n) is 7.54. The van der Waals surface area contributed by atoms with Crippen LogP contribution in [0.25, 0.3) is 0 Å². The number of amides is 1. The van der Waals surface area contributed by atoms with Crippen LogP contribution >= 0.6 is 34.8 Å². The van der Waals surface area contributed by atoms with Gasteiger partial charge in [0.05, 0.1) is 33.7 Å². The summed E-state index contributed by atoms with van der Waals surface area (Å²) in [6.45, 7) is 4.10. The van der Waals surface area contributed by atoms with Crippen molar-refractivity contribution in [3.63, 3.8) is 0 Å². The first-order chi connectivity index (χ1) is 16.2. The summed E-state index contributed by atoms with van der Waals surface area (Å²) in [5.41, 5.74) is 2.88. The number of ether oxygens (including phenoxy) is 1. The van der Waals surface area contributed by atoms with Crippen LogP contribution in [0.1, 0.15) is 33.3 Å². The van der Waals surface area contributed by atoms with Crippen molar-refractivity contribution in [1.82, 2.24) is 9.78 Å². The fraction of sp³-hybridized carbons (Fsp3) is 0.167. The molecule has 6 nitrogen and oxygen atoms in total. The van der Waals surface area contributed by atoms with Gasteiger partial charge < -0.3 is 14.5 Å². The summed E-state index contributed by atoms with van der Waals surface area (Å²) in [4.78, 5) is 12.8. The van der Waals surface area contributed by atoms with E-state index in [2.05, 4.69) is 10.4 Å². The van der Waals surface area contributed by atoms with Crippen molar-refractivity contribution < 1.29 is 18.3 Å². The highest BCUT2D eigenvalue weighted by atomic mass is 35.5. The summed E-state index contributed by atoms with van der Waals surface area (Å²) < 4.78 is 26.2. The van der Waals surface area contributed by atoms with Crippen LogP contribution in [0.3, 0.4) is 0 Å². The average molecular weight is 523 g/mol. The number of halogens is 4. The Hall–Kier alpha value is -3.00. The lowest BCUT2D eigenvalue weighted by Crippen LogP contribution is -2.12. The molecule has 176 valence electrons. The monoisotopic (exact) mass is 521 g/mol. The predicted molar refractivity (Wildman–Crippen MR) is 130 cm³/mol. The number of aryl methyl sites for hydroxylation is 1. The highest BCUT2D eigenvalue weighted by Gasteiger charge is 2.18. The lowest BCUT2D eigenvalue weighted by atomic mass is 10.2. The van der Waals surface area contributed by atoms with E-state index in [1.54, 1.807) is 35.9 Å². The van der Waals surface area contributed by atoms with Gasteiger partial charge in [0.15, 0.2) is 11.5 Å². The van der Waals surface area contributed by atoms with Crippen molar-refractivity contribution in [3.8, 4) is 5.75 Å². The maximum Gasteiger partial charge on any atom is 0.291 e. The molecule has 0 fully saturated rings. The zero-order valence-corrected chi connectivity index (χ0v) is 20.4. The molecule has 0 aliphatic carbocycles. The molecular formula is C24H19Cl3FN3O3. The Balaban J connectivity index is 1.43. The molecule has 2 aromatic heterocycles. The highest BCUT2D eigenvalue weighted by Crippen LogP contribution is 2.36. The molecule has 4 aromatic rings. The lowest BCUT2D eigenvalue weighted by molar-refractivity contribution is 0.0992. The normalized spacial score (nSPS) is 11.0. The van der Waals surface area contributed by atoms with E-state index in [9.17, 15) is 9.18 Å². The van der Waals surface area contributed by atoms with Crippen LogP contribution in [0.4, 0.5) is 10.1 Å². The van der Waals surface area contributed by atoms with Crippen molar-refractivity contribution in [1.29, 1.82) is 0 Å². The third kappa shape index (κ3) is 5.38. The van der Waals surface area contributed by atoms with Crippen molar-refractivity contribution in [2.24, 2.45) is 0 Å². The molecule has 0 atom stereocenters. The molecule has 2 heterocycles. The Morgan fingerprint density at radius 1 is 1.09 bits per heavy atom. The quantitative estimate of drug-likeness (QED) is 0.282. The van der Waals surface area contributed by atoms with E-state index in [1.165, 1.54) is 24.3 Å². The van der Waals surface area contributed by atoms with Gasteiger partial charge in [-0.05, 0) is 55.8 Å². The fourth-order valence-electron chi connectivity index (χ4n) is 3.36. The summed E-state index contributed by atoms with van der Waals surface area (Å²) in [7, 11) is 0. The number of aromatic nitrogens is 2. The number of benzene rings is 2. The second kappa shape index (κ2) is 10.1. The molecule has 0 aliphatic heterocycles. The Kier molecular flexibility index (Phi) is 7.16. The summed E-state index contributed by atoms with van der Waals surface area (Å²) in [6, 6.07) is 12.4. The van der Waals surface area contributed by atoms with E-state index in [0.29, 0.717) is 28.7 Å². The SMILES string of the molecule is Cc1nn(Cc2ccc(F)cc2)c(C)c1NC(=O)c1ccc(COc2c(Cl)cc(Cl)cc2Cl)o1. The molecule has 1 amide bonds. The maximum atomic E-state index is 13.2. The number of nitrogens with one attached hydrogen (secondary N) is 1. The smallest absolute Gasteiger partial charge is 0.291 e. The average Bonchev–Trinajstić information content (AvgIpc) is 3.35. The van der Waals surface area contributed by atoms with Gasteiger partial charge in [-0.15, -0.1) is 0 Å². The molecule has 10 heteroatoms. The van der Waals surface area contributed by atoms with Gasteiger partial charge in [-0.3, -0.25) is 9.48 Å². The minimum Gasteiger partial charge on any atom is -0.483 e. The van der Waals surface area contributed by atoms with Crippen LogP contribution in [0.2, 0.25) is 15.1 Å². The minimum atomic E-state index is -0.429. The predicted octanol–water partition coefficient (Wildman–Crippen LogP) is 7.07.